The number of sulfonamides is 1. The molecular weight excluding hydrogens is 336 g/mol. The first-order valence-corrected chi connectivity index (χ1v) is 10.5. The normalized spacial score (nSPS) is 17.0. The van der Waals surface area contributed by atoms with Crippen molar-refractivity contribution in [2.24, 2.45) is 5.92 Å². The van der Waals surface area contributed by atoms with E-state index in [9.17, 15) is 8.42 Å². The van der Waals surface area contributed by atoms with Gasteiger partial charge in [0.1, 0.15) is 5.76 Å². The van der Waals surface area contributed by atoms with E-state index in [1.54, 1.807) is 6.26 Å². The summed E-state index contributed by atoms with van der Waals surface area (Å²) in [5, 5.41) is 0. The summed E-state index contributed by atoms with van der Waals surface area (Å²) in [6.45, 7) is 3.35. The molecule has 1 fully saturated rings. The summed E-state index contributed by atoms with van der Waals surface area (Å²) in [4.78, 5) is 2.36. The minimum absolute atomic E-state index is 0.147. The van der Waals surface area contributed by atoms with Crippen LogP contribution in [0.3, 0.4) is 0 Å². The van der Waals surface area contributed by atoms with Crippen LogP contribution in [0.5, 0.6) is 0 Å². The molecule has 0 atom stereocenters. The highest BCUT2D eigenvalue weighted by Crippen LogP contribution is 2.19. The number of rotatable bonds is 8. The maximum atomic E-state index is 12.2. The largest absolute Gasteiger partial charge is 0.468 e. The van der Waals surface area contributed by atoms with E-state index in [0.717, 1.165) is 43.8 Å². The van der Waals surface area contributed by atoms with Gasteiger partial charge in [-0.2, -0.15) is 0 Å². The third-order valence-electron chi connectivity index (χ3n) is 4.76. The molecule has 136 valence electrons. The van der Waals surface area contributed by atoms with Gasteiger partial charge < -0.3 is 4.42 Å². The second-order valence-corrected chi connectivity index (χ2v) is 8.63. The Labute approximate surface area is 150 Å². The standard InChI is InChI=1S/C19H26N2O3S/c22-25(23,14-10-17-5-2-1-3-6-17)20-15-18-8-11-21(12-9-18)16-19-7-4-13-24-19/h1-7,13,18,20H,8-12,14-16H2. The average Bonchev–Trinajstić information content (AvgIpc) is 3.14. The zero-order valence-corrected chi connectivity index (χ0v) is 15.2. The Morgan fingerprint density at radius 3 is 2.52 bits per heavy atom. The van der Waals surface area contributed by atoms with Crippen molar-refractivity contribution < 1.29 is 12.8 Å². The highest BCUT2D eigenvalue weighted by Gasteiger charge is 2.21. The van der Waals surface area contributed by atoms with Crippen molar-refractivity contribution in [3.8, 4) is 0 Å². The van der Waals surface area contributed by atoms with Crippen molar-refractivity contribution in [1.29, 1.82) is 0 Å². The highest BCUT2D eigenvalue weighted by atomic mass is 32.2. The molecule has 0 saturated carbocycles. The predicted octanol–water partition coefficient (Wildman–Crippen LogP) is 2.65. The van der Waals surface area contributed by atoms with Gasteiger partial charge in [0.2, 0.25) is 10.0 Å². The number of nitrogens with zero attached hydrogens (tertiary/aromatic N) is 1. The van der Waals surface area contributed by atoms with Crippen molar-refractivity contribution in [3.05, 3.63) is 60.1 Å². The van der Waals surface area contributed by atoms with Crippen LogP contribution in [0.2, 0.25) is 0 Å². The number of aryl methyl sites for hydroxylation is 1. The number of furan rings is 1. The Morgan fingerprint density at radius 1 is 1.08 bits per heavy atom. The fourth-order valence-corrected chi connectivity index (χ4v) is 4.32. The van der Waals surface area contributed by atoms with Crippen LogP contribution in [0.1, 0.15) is 24.2 Å². The third-order valence-corrected chi connectivity index (χ3v) is 6.11. The Balaban J connectivity index is 1.37. The molecule has 0 radical (unpaired) electrons. The van der Waals surface area contributed by atoms with E-state index >= 15 is 0 Å². The smallest absolute Gasteiger partial charge is 0.211 e. The molecule has 2 aromatic rings. The molecule has 1 saturated heterocycles. The molecule has 0 amide bonds. The zero-order valence-electron chi connectivity index (χ0n) is 14.4. The zero-order chi connectivity index (χ0) is 17.5. The van der Waals surface area contributed by atoms with E-state index in [1.165, 1.54) is 0 Å². The molecule has 1 aliphatic rings. The molecule has 1 aromatic carbocycles. The average molecular weight is 362 g/mol. The molecular formula is C19H26N2O3S. The van der Waals surface area contributed by atoms with Gasteiger partial charge in [-0.05, 0) is 56.0 Å². The van der Waals surface area contributed by atoms with Gasteiger partial charge in [-0.3, -0.25) is 4.90 Å². The lowest BCUT2D eigenvalue weighted by Gasteiger charge is -2.31. The lowest BCUT2D eigenvalue weighted by molar-refractivity contribution is 0.168. The van der Waals surface area contributed by atoms with Crippen molar-refractivity contribution >= 4 is 10.0 Å². The molecule has 1 aromatic heterocycles. The molecule has 1 N–H and O–H groups in total. The number of benzene rings is 1. The molecule has 2 heterocycles. The minimum atomic E-state index is -3.21. The first kappa shape index (κ1) is 18.2. The highest BCUT2D eigenvalue weighted by molar-refractivity contribution is 7.89. The van der Waals surface area contributed by atoms with Gasteiger partial charge in [-0.1, -0.05) is 30.3 Å². The molecule has 1 aliphatic heterocycles. The molecule has 0 aliphatic carbocycles. The molecule has 3 rings (SSSR count). The number of hydrogen-bond acceptors (Lipinski definition) is 4. The summed E-state index contributed by atoms with van der Waals surface area (Å²) in [6.07, 6.45) is 4.29. The monoisotopic (exact) mass is 362 g/mol. The fraction of sp³-hybridized carbons (Fsp3) is 0.474. The summed E-state index contributed by atoms with van der Waals surface area (Å²) in [6, 6.07) is 13.6. The van der Waals surface area contributed by atoms with Crippen molar-refractivity contribution in [2.75, 3.05) is 25.4 Å². The van der Waals surface area contributed by atoms with Crippen LogP contribution in [-0.2, 0) is 23.0 Å². The van der Waals surface area contributed by atoms with Crippen LogP contribution in [0.4, 0.5) is 0 Å². The summed E-state index contributed by atoms with van der Waals surface area (Å²) in [7, 11) is -3.21. The van der Waals surface area contributed by atoms with Crippen LogP contribution >= 0.6 is 0 Å². The first-order valence-electron chi connectivity index (χ1n) is 8.87. The van der Waals surface area contributed by atoms with E-state index in [0.29, 0.717) is 18.9 Å². The number of likely N-dealkylation sites (tertiary alicyclic amines) is 1. The maximum Gasteiger partial charge on any atom is 0.211 e. The molecule has 0 spiro atoms. The van der Waals surface area contributed by atoms with Gasteiger partial charge in [-0.25, -0.2) is 13.1 Å². The van der Waals surface area contributed by atoms with Crippen molar-refractivity contribution in [1.82, 2.24) is 9.62 Å². The molecule has 0 unspecified atom stereocenters. The second-order valence-electron chi connectivity index (χ2n) is 6.70. The second kappa shape index (κ2) is 8.65. The summed E-state index contributed by atoms with van der Waals surface area (Å²) in [5.41, 5.74) is 1.05. The Bertz CT molecular complexity index is 721. The van der Waals surface area contributed by atoms with Crippen LogP contribution in [0.25, 0.3) is 0 Å². The van der Waals surface area contributed by atoms with Crippen molar-refractivity contribution in [2.45, 2.75) is 25.8 Å². The van der Waals surface area contributed by atoms with Crippen molar-refractivity contribution in [3.63, 3.8) is 0 Å². The van der Waals surface area contributed by atoms with Gasteiger partial charge in [0.15, 0.2) is 0 Å². The van der Waals surface area contributed by atoms with Gasteiger partial charge in [0, 0.05) is 6.54 Å². The molecule has 25 heavy (non-hydrogen) atoms. The minimum Gasteiger partial charge on any atom is -0.468 e. The van der Waals surface area contributed by atoms with Gasteiger partial charge >= 0.3 is 0 Å². The Morgan fingerprint density at radius 2 is 1.84 bits per heavy atom. The first-order chi connectivity index (χ1) is 12.1. The summed E-state index contributed by atoms with van der Waals surface area (Å²) in [5.74, 6) is 1.55. The maximum absolute atomic E-state index is 12.2. The lowest BCUT2D eigenvalue weighted by atomic mass is 9.97. The van der Waals surface area contributed by atoms with Gasteiger partial charge in [-0.15, -0.1) is 0 Å². The van der Waals surface area contributed by atoms with Crippen LogP contribution < -0.4 is 4.72 Å². The van der Waals surface area contributed by atoms with Crippen LogP contribution in [0, 0.1) is 5.92 Å². The Kier molecular flexibility index (Phi) is 6.29. The van der Waals surface area contributed by atoms with Crippen LogP contribution in [0.15, 0.2) is 53.1 Å². The lowest BCUT2D eigenvalue weighted by Crippen LogP contribution is -2.39. The van der Waals surface area contributed by atoms with E-state index < -0.39 is 10.0 Å². The Hall–Kier alpha value is -1.63. The molecule has 0 bridgehead atoms. The summed E-state index contributed by atoms with van der Waals surface area (Å²) >= 11 is 0. The van der Waals surface area contributed by atoms with E-state index in [2.05, 4.69) is 9.62 Å². The van der Waals surface area contributed by atoms with E-state index in [4.69, 9.17) is 4.42 Å². The summed E-state index contributed by atoms with van der Waals surface area (Å²) < 4.78 is 32.6. The van der Waals surface area contributed by atoms with E-state index in [-0.39, 0.29) is 5.75 Å². The number of hydrogen-bond donors (Lipinski definition) is 1. The quantitative estimate of drug-likeness (QED) is 0.784. The predicted molar refractivity (Wildman–Crippen MR) is 98.6 cm³/mol. The number of nitrogens with one attached hydrogen (secondary N) is 1. The van der Waals surface area contributed by atoms with Gasteiger partial charge in [0.25, 0.3) is 0 Å². The van der Waals surface area contributed by atoms with Gasteiger partial charge in [0.05, 0.1) is 18.6 Å². The fourth-order valence-electron chi connectivity index (χ4n) is 3.19. The van der Waals surface area contributed by atoms with E-state index in [1.807, 2.05) is 42.5 Å². The SMILES string of the molecule is O=S(=O)(CCc1ccccc1)NCC1CCN(Cc2ccco2)CC1. The number of piperidine rings is 1. The third kappa shape index (κ3) is 5.99. The molecule has 6 heteroatoms. The molecule has 5 nitrogen and oxygen atoms in total. The topological polar surface area (TPSA) is 62.6 Å². The van der Waals surface area contributed by atoms with Crippen LogP contribution in [-0.4, -0.2) is 38.7 Å².